The molecule has 2 heterocycles. The quantitative estimate of drug-likeness (QED) is 0.874. The van der Waals surface area contributed by atoms with Crippen LogP contribution in [0.4, 0.5) is 9.93 Å². The zero-order chi connectivity index (χ0) is 13.0. The number of aryl methyl sites for hydroxylation is 1. The zero-order valence-corrected chi connectivity index (χ0v) is 11.2. The Hall–Kier alpha value is -1.21. The molecule has 6 nitrogen and oxygen atoms in total. The largest absolute Gasteiger partial charge is 0.396 e. The van der Waals surface area contributed by atoms with Crippen LogP contribution in [0.25, 0.3) is 0 Å². The van der Waals surface area contributed by atoms with Gasteiger partial charge in [-0.3, -0.25) is 5.32 Å². The van der Waals surface area contributed by atoms with Crippen molar-refractivity contribution < 1.29 is 9.90 Å². The van der Waals surface area contributed by atoms with Gasteiger partial charge in [0.05, 0.1) is 0 Å². The number of amides is 2. The van der Waals surface area contributed by atoms with E-state index in [4.69, 9.17) is 5.11 Å². The highest BCUT2D eigenvalue weighted by atomic mass is 32.1. The highest BCUT2D eigenvalue weighted by molar-refractivity contribution is 7.09. The maximum absolute atomic E-state index is 12.1. The minimum absolute atomic E-state index is 0.117. The molecular weight excluding hydrogens is 252 g/mol. The van der Waals surface area contributed by atoms with Crippen molar-refractivity contribution in [1.29, 1.82) is 0 Å². The summed E-state index contributed by atoms with van der Waals surface area (Å²) in [4.78, 5) is 18.1. The number of likely N-dealkylation sites (tertiary alicyclic amines) is 1. The lowest BCUT2D eigenvalue weighted by Gasteiger charge is -2.35. The lowest BCUT2D eigenvalue weighted by atomic mass is 10.0. The Labute approximate surface area is 110 Å². The summed E-state index contributed by atoms with van der Waals surface area (Å²) in [5, 5.41) is 12.3. The first-order chi connectivity index (χ1) is 8.70. The van der Waals surface area contributed by atoms with E-state index in [1.165, 1.54) is 11.5 Å². The van der Waals surface area contributed by atoms with Gasteiger partial charge in [0.2, 0.25) is 5.13 Å². The molecule has 1 aliphatic heterocycles. The maximum atomic E-state index is 12.1. The number of rotatable bonds is 3. The Kier molecular flexibility index (Phi) is 4.48. The smallest absolute Gasteiger partial charge is 0.323 e. The van der Waals surface area contributed by atoms with Crippen LogP contribution in [-0.2, 0) is 0 Å². The molecule has 1 atom stereocenters. The van der Waals surface area contributed by atoms with Gasteiger partial charge in [-0.25, -0.2) is 9.78 Å². The van der Waals surface area contributed by atoms with E-state index >= 15 is 0 Å². The van der Waals surface area contributed by atoms with Gasteiger partial charge >= 0.3 is 6.03 Å². The first kappa shape index (κ1) is 13.2. The van der Waals surface area contributed by atoms with Crippen LogP contribution in [0.15, 0.2) is 0 Å². The fourth-order valence-electron chi connectivity index (χ4n) is 2.23. The van der Waals surface area contributed by atoms with Crippen molar-refractivity contribution in [2.75, 3.05) is 18.5 Å². The number of aliphatic hydroxyl groups is 1. The van der Waals surface area contributed by atoms with E-state index in [2.05, 4.69) is 14.7 Å². The zero-order valence-electron chi connectivity index (χ0n) is 10.4. The summed E-state index contributed by atoms with van der Waals surface area (Å²) >= 11 is 1.19. The van der Waals surface area contributed by atoms with E-state index in [0.717, 1.165) is 25.8 Å². The fourth-order valence-corrected chi connectivity index (χ4v) is 2.79. The average Bonchev–Trinajstić information content (AvgIpc) is 2.76. The number of carbonyl (C=O) groups excluding carboxylic acids is 1. The first-order valence-corrected chi connectivity index (χ1v) is 6.97. The molecule has 0 aliphatic carbocycles. The Bertz CT molecular complexity index is 408. The van der Waals surface area contributed by atoms with E-state index in [0.29, 0.717) is 17.4 Å². The summed E-state index contributed by atoms with van der Waals surface area (Å²) in [6.45, 7) is 2.66. The standard InChI is InChI=1S/C11H18N4O2S/c1-8-12-10(18-14-8)13-11(17)15-6-3-2-4-9(15)5-7-16/h9,16H,2-7H2,1H3,(H,12,13,14,17)/t9-/m0/s1. The molecule has 1 aromatic rings. The molecule has 7 heteroatoms. The van der Waals surface area contributed by atoms with E-state index in [-0.39, 0.29) is 18.7 Å². The highest BCUT2D eigenvalue weighted by Gasteiger charge is 2.26. The number of carbonyl (C=O) groups is 1. The summed E-state index contributed by atoms with van der Waals surface area (Å²) in [5.41, 5.74) is 0. The predicted molar refractivity (Wildman–Crippen MR) is 69.7 cm³/mol. The summed E-state index contributed by atoms with van der Waals surface area (Å²) in [5.74, 6) is 0.667. The SMILES string of the molecule is Cc1nsc(NC(=O)N2CCCC[C@H]2CCO)n1. The molecule has 18 heavy (non-hydrogen) atoms. The van der Waals surface area contributed by atoms with Gasteiger partial charge in [-0.05, 0) is 32.6 Å². The minimum Gasteiger partial charge on any atom is -0.396 e. The van der Waals surface area contributed by atoms with Crippen molar-refractivity contribution in [3.05, 3.63) is 5.82 Å². The molecular formula is C11H18N4O2S. The maximum Gasteiger partial charge on any atom is 0.323 e. The van der Waals surface area contributed by atoms with Crippen molar-refractivity contribution >= 4 is 22.7 Å². The van der Waals surface area contributed by atoms with Gasteiger partial charge in [0.1, 0.15) is 5.82 Å². The molecule has 0 spiro atoms. The second kappa shape index (κ2) is 6.10. The lowest BCUT2D eigenvalue weighted by molar-refractivity contribution is 0.141. The number of nitrogens with zero attached hydrogens (tertiary/aromatic N) is 3. The molecule has 0 aromatic carbocycles. The Balaban J connectivity index is 1.97. The van der Waals surface area contributed by atoms with Gasteiger partial charge < -0.3 is 10.0 Å². The van der Waals surface area contributed by atoms with Crippen molar-refractivity contribution in [3.63, 3.8) is 0 Å². The Morgan fingerprint density at radius 3 is 3.11 bits per heavy atom. The number of anilines is 1. The third-order valence-electron chi connectivity index (χ3n) is 3.09. The van der Waals surface area contributed by atoms with Crippen LogP contribution in [0, 0.1) is 6.92 Å². The number of nitrogens with one attached hydrogen (secondary N) is 1. The number of urea groups is 1. The van der Waals surface area contributed by atoms with E-state index in [9.17, 15) is 4.79 Å². The molecule has 1 fully saturated rings. The molecule has 0 unspecified atom stereocenters. The minimum atomic E-state index is -0.135. The third-order valence-corrected chi connectivity index (χ3v) is 3.81. The number of hydrogen-bond donors (Lipinski definition) is 2. The molecule has 2 rings (SSSR count). The lowest BCUT2D eigenvalue weighted by Crippen LogP contribution is -2.46. The molecule has 100 valence electrons. The van der Waals surface area contributed by atoms with Gasteiger partial charge in [0.25, 0.3) is 0 Å². The van der Waals surface area contributed by atoms with Crippen molar-refractivity contribution in [2.24, 2.45) is 0 Å². The fraction of sp³-hybridized carbons (Fsp3) is 0.727. The molecule has 0 radical (unpaired) electrons. The van der Waals surface area contributed by atoms with Crippen molar-refractivity contribution in [3.8, 4) is 0 Å². The molecule has 1 aromatic heterocycles. The highest BCUT2D eigenvalue weighted by Crippen LogP contribution is 2.21. The van der Waals surface area contributed by atoms with Crippen LogP contribution in [0.1, 0.15) is 31.5 Å². The molecule has 2 amide bonds. The van der Waals surface area contributed by atoms with Gasteiger partial charge in [-0.1, -0.05) is 0 Å². The van der Waals surface area contributed by atoms with Crippen molar-refractivity contribution in [2.45, 2.75) is 38.6 Å². The number of hydrogen-bond acceptors (Lipinski definition) is 5. The first-order valence-electron chi connectivity index (χ1n) is 6.19. The third kappa shape index (κ3) is 3.17. The van der Waals surface area contributed by atoms with Gasteiger partial charge in [-0.2, -0.15) is 4.37 Å². The van der Waals surface area contributed by atoms with Crippen LogP contribution in [0.3, 0.4) is 0 Å². The number of aliphatic hydroxyl groups excluding tert-OH is 1. The van der Waals surface area contributed by atoms with Crippen LogP contribution >= 0.6 is 11.5 Å². The average molecular weight is 270 g/mol. The Morgan fingerprint density at radius 2 is 2.44 bits per heavy atom. The molecule has 0 saturated carbocycles. The summed E-state index contributed by atoms with van der Waals surface area (Å²) in [7, 11) is 0. The topological polar surface area (TPSA) is 78.4 Å². The van der Waals surface area contributed by atoms with E-state index < -0.39 is 0 Å². The van der Waals surface area contributed by atoms with Crippen LogP contribution < -0.4 is 5.32 Å². The van der Waals surface area contributed by atoms with Crippen LogP contribution in [0.5, 0.6) is 0 Å². The predicted octanol–water partition coefficient (Wildman–Crippen LogP) is 1.62. The monoisotopic (exact) mass is 270 g/mol. The second-order valence-electron chi connectivity index (χ2n) is 4.43. The van der Waals surface area contributed by atoms with Crippen LogP contribution in [0.2, 0.25) is 0 Å². The molecule has 1 saturated heterocycles. The van der Waals surface area contributed by atoms with Gasteiger partial charge in [0.15, 0.2) is 0 Å². The van der Waals surface area contributed by atoms with E-state index in [1.54, 1.807) is 11.8 Å². The summed E-state index contributed by atoms with van der Waals surface area (Å²) in [6, 6.07) is 0.00192. The van der Waals surface area contributed by atoms with E-state index in [1.807, 2.05) is 0 Å². The molecule has 2 N–H and O–H groups in total. The molecule has 0 bridgehead atoms. The summed E-state index contributed by atoms with van der Waals surface area (Å²) < 4.78 is 4.03. The normalized spacial score (nSPS) is 19.9. The van der Waals surface area contributed by atoms with Crippen molar-refractivity contribution in [1.82, 2.24) is 14.3 Å². The van der Waals surface area contributed by atoms with Crippen LogP contribution in [-0.4, -0.2) is 44.6 Å². The number of aromatic nitrogens is 2. The molecule has 1 aliphatic rings. The van der Waals surface area contributed by atoms with Gasteiger partial charge in [-0.15, -0.1) is 0 Å². The second-order valence-corrected chi connectivity index (χ2v) is 5.18. The Morgan fingerprint density at radius 1 is 1.61 bits per heavy atom. The number of piperidine rings is 1. The summed E-state index contributed by atoms with van der Waals surface area (Å²) in [6.07, 6.45) is 3.74. The van der Waals surface area contributed by atoms with Gasteiger partial charge in [0, 0.05) is 30.7 Å².